The van der Waals surface area contributed by atoms with Crippen LogP contribution in [-0.2, 0) is 22.7 Å². The second-order valence-electron chi connectivity index (χ2n) is 10.3. The van der Waals surface area contributed by atoms with Crippen molar-refractivity contribution in [3.8, 4) is 11.3 Å². The zero-order chi connectivity index (χ0) is 28.4. The molecule has 2 aromatic heterocycles. The summed E-state index contributed by atoms with van der Waals surface area (Å²) in [6.07, 6.45) is -1.11. The summed E-state index contributed by atoms with van der Waals surface area (Å²) in [4.78, 5) is 25.1. The van der Waals surface area contributed by atoms with Crippen LogP contribution in [0.5, 0.6) is 0 Å². The highest BCUT2D eigenvalue weighted by Crippen LogP contribution is 2.40. The van der Waals surface area contributed by atoms with Crippen LogP contribution in [0.3, 0.4) is 0 Å². The van der Waals surface area contributed by atoms with Gasteiger partial charge in [-0.05, 0) is 69.0 Å². The number of nitrogens with one attached hydrogen (secondary N) is 2. The van der Waals surface area contributed by atoms with Crippen LogP contribution < -0.4 is 10.6 Å². The summed E-state index contributed by atoms with van der Waals surface area (Å²) in [6.45, 7) is 7.27. The van der Waals surface area contributed by atoms with E-state index in [1.165, 1.54) is 12.1 Å². The van der Waals surface area contributed by atoms with Crippen molar-refractivity contribution in [2.24, 2.45) is 0 Å². The summed E-state index contributed by atoms with van der Waals surface area (Å²) in [5.41, 5.74) is 4.59. The predicted octanol–water partition coefficient (Wildman–Crippen LogP) is 7.32. The first kappa shape index (κ1) is 27.0. The molecule has 3 aromatic carbocycles. The minimum Gasteiger partial charge on any atom is -0.445 e. The molecule has 5 aromatic rings. The molecule has 0 saturated carbocycles. The van der Waals surface area contributed by atoms with E-state index in [1.807, 2.05) is 64.1 Å². The Kier molecular flexibility index (Phi) is 7.60. The number of ether oxygens (including phenoxy) is 2. The molecule has 0 aliphatic rings. The van der Waals surface area contributed by atoms with Gasteiger partial charge in [-0.2, -0.15) is 0 Å². The monoisotopic (exact) mass is 541 g/mol. The van der Waals surface area contributed by atoms with E-state index in [0.717, 1.165) is 38.4 Å². The molecule has 0 fully saturated rings. The number of rotatable bonds is 7. The van der Waals surface area contributed by atoms with Crippen molar-refractivity contribution in [2.75, 3.05) is 0 Å². The van der Waals surface area contributed by atoms with Crippen LogP contribution in [0.25, 0.3) is 38.4 Å². The van der Waals surface area contributed by atoms with Crippen molar-refractivity contribution in [3.63, 3.8) is 0 Å². The lowest BCUT2D eigenvalue weighted by Crippen LogP contribution is -2.31. The first-order valence-corrected chi connectivity index (χ1v) is 13.3. The number of hydrogen-bond donors (Lipinski definition) is 2. The van der Waals surface area contributed by atoms with Gasteiger partial charge in [-0.3, -0.25) is 0 Å². The third-order valence-corrected chi connectivity index (χ3v) is 6.63. The van der Waals surface area contributed by atoms with Crippen molar-refractivity contribution in [2.45, 2.75) is 53.0 Å². The fourth-order valence-corrected chi connectivity index (χ4v) is 5.06. The van der Waals surface area contributed by atoms with E-state index in [1.54, 1.807) is 12.1 Å². The van der Waals surface area contributed by atoms with Gasteiger partial charge in [0.15, 0.2) is 0 Å². The second kappa shape index (κ2) is 11.3. The van der Waals surface area contributed by atoms with E-state index in [4.69, 9.17) is 9.47 Å². The molecule has 8 heteroatoms. The predicted molar refractivity (Wildman–Crippen MR) is 155 cm³/mol. The number of alkyl carbamates (subject to hydrolysis) is 2. The summed E-state index contributed by atoms with van der Waals surface area (Å²) in [5, 5.41) is 8.52. The molecule has 5 rings (SSSR count). The zero-order valence-electron chi connectivity index (χ0n) is 23.0. The maximum Gasteiger partial charge on any atom is 0.407 e. The van der Waals surface area contributed by atoms with E-state index in [-0.39, 0.29) is 31.1 Å². The van der Waals surface area contributed by atoms with E-state index in [9.17, 15) is 14.0 Å². The van der Waals surface area contributed by atoms with Crippen LogP contribution in [0.1, 0.15) is 38.8 Å². The number of hydrogen-bond acceptors (Lipinski definition) is 4. The highest BCUT2D eigenvalue weighted by Gasteiger charge is 2.26. The highest BCUT2D eigenvalue weighted by molar-refractivity contribution is 6.14. The van der Waals surface area contributed by atoms with Gasteiger partial charge in [-0.15, -0.1) is 0 Å². The van der Waals surface area contributed by atoms with Crippen molar-refractivity contribution in [3.05, 3.63) is 89.7 Å². The molecule has 0 spiro atoms. The molecule has 40 heavy (non-hydrogen) atoms. The fourth-order valence-electron chi connectivity index (χ4n) is 5.06. The normalized spacial score (nSPS) is 11.5. The summed E-state index contributed by atoms with van der Waals surface area (Å²) in [7, 11) is 0. The van der Waals surface area contributed by atoms with Crippen molar-refractivity contribution < 1.29 is 23.5 Å². The molecular formula is C32H32FN3O4. The van der Waals surface area contributed by atoms with Crippen LogP contribution in [0.15, 0.2) is 72.8 Å². The Labute approximate surface area is 231 Å². The smallest absolute Gasteiger partial charge is 0.407 e. The molecule has 206 valence electrons. The largest absolute Gasteiger partial charge is 0.445 e. The number of nitrogens with zero attached hydrogens (tertiary/aromatic N) is 1. The molecule has 0 saturated heterocycles. The lowest BCUT2D eigenvalue weighted by atomic mass is 10.0. The third-order valence-electron chi connectivity index (χ3n) is 6.63. The Hall–Kier alpha value is -4.59. The Balaban J connectivity index is 1.83. The van der Waals surface area contributed by atoms with Crippen molar-refractivity contribution >= 4 is 39.4 Å². The van der Waals surface area contributed by atoms with Gasteiger partial charge in [0, 0.05) is 34.0 Å². The van der Waals surface area contributed by atoms with Crippen LogP contribution in [0, 0.1) is 5.82 Å². The fraction of sp³-hybridized carbons (Fsp3) is 0.250. The molecule has 0 bridgehead atoms. The van der Waals surface area contributed by atoms with Crippen molar-refractivity contribution in [1.82, 2.24) is 15.0 Å². The molecule has 0 aliphatic carbocycles. The molecule has 0 unspecified atom stereocenters. The number of pyridine rings is 1. The maximum atomic E-state index is 14.0. The summed E-state index contributed by atoms with van der Waals surface area (Å²) in [6, 6.07) is 22.1. The number of halogens is 1. The quantitative estimate of drug-likeness (QED) is 0.212. The van der Waals surface area contributed by atoms with Gasteiger partial charge in [0.2, 0.25) is 0 Å². The number of carbonyl (C=O) groups excluding carboxylic acids is 2. The number of amides is 2. The Morgan fingerprint density at radius 1 is 0.725 bits per heavy atom. The molecule has 0 atom stereocenters. The molecule has 0 radical (unpaired) electrons. The average molecular weight is 542 g/mol. The van der Waals surface area contributed by atoms with E-state index in [0.29, 0.717) is 11.1 Å². The van der Waals surface area contributed by atoms with Gasteiger partial charge in [0.1, 0.15) is 19.0 Å². The van der Waals surface area contributed by atoms with Crippen LogP contribution in [0.2, 0.25) is 0 Å². The first-order chi connectivity index (χ1) is 19.2. The Morgan fingerprint density at radius 2 is 1.25 bits per heavy atom. The van der Waals surface area contributed by atoms with Gasteiger partial charge in [0.05, 0.1) is 16.7 Å². The Morgan fingerprint density at radius 3 is 1.85 bits per heavy atom. The molecule has 2 N–H and O–H groups in total. The number of aromatic nitrogens is 1. The van der Waals surface area contributed by atoms with Gasteiger partial charge in [0.25, 0.3) is 0 Å². The number of fused-ring (bicyclic) bond motifs is 6. The SMILES string of the molecule is CC(C)NC(=O)OCc1c(COC(=O)NC(C)C)c2c3ccccc3c3ccccc3n2c1-c1ccc(F)cc1. The van der Waals surface area contributed by atoms with Gasteiger partial charge >= 0.3 is 12.2 Å². The van der Waals surface area contributed by atoms with Crippen LogP contribution in [-0.4, -0.2) is 28.7 Å². The zero-order valence-corrected chi connectivity index (χ0v) is 23.0. The van der Waals surface area contributed by atoms with Crippen LogP contribution in [0.4, 0.5) is 14.0 Å². The summed E-state index contributed by atoms with van der Waals surface area (Å²) in [5.74, 6) is -0.358. The topological polar surface area (TPSA) is 81.1 Å². The van der Waals surface area contributed by atoms with Crippen molar-refractivity contribution in [1.29, 1.82) is 0 Å². The lowest BCUT2D eigenvalue weighted by Gasteiger charge is -2.13. The maximum absolute atomic E-state index is 14.0. The summed E-state index contributed by atoms with van der Waals surface area (Å²) >= 11 is 0. The lowest BCUT2D eigenvalue weighted by molar-refractivity contribution is 0.130. The van der Waals surface area contributed by atoms with E-state index in [2.05, 4.69) is 27.2 Å². The van der Waals surface area contributed by atoms with Gasteiger partial charge < -0.3 is 24.5 Å². The number of benzene rings is 3. The molecule has 0 aliphatic heterocycles. The molecule has 2 amide bonds. The average Bonchev–Trinajstić information content (AvgIpc) is 3.25. The molecule has 7 nitrogen and oxygen atoms in total. The number of para-hydroxylation sites is 1. The molecule has 2 heterocycles. The summed E-state index contributed by atoms with van der Waals surface area (Å²) < 4.78 is 27.5. The van der Waals surface area contributed by atoms with Gasteiger partial charge in [-0.1, -0.05) is 42.5 Å². The first-order valence-electron chi connectivity index (χ1n) is 13.3. The van der Waals surface area contributed by atoms with Crippen LogP contribution >= 0.6 is 0 Å². The second-order valence-corrected chi connectivity index (χ2v) is 10.3. The Bertz CT molecular complexity index is 1710. The van der Waals surface area contributed by atoms with E-state index < -0.39 is 12.2 Å². The molecular weight excluding hydrogens is 509 g/mol. The highest BCUT2D eigenvalue weighted by atomic mass is 19.1. The standard InChI is InChI=1S/C32H32FN3O4/c1-19(2)34-31(37)39-17-26-27(18-40-32(38)35-20(3)4)30-25-11-6-5-9-23(25)24-10-7-8-12-28(24)36(30)29(26)21-13-15-22(33)16-14-21/h5-16,19-20H,17-18H2,1-4H3,(H,34,37)(H,35,38). The third kappa shape index (κ3) is 5.30. The number of carbonyl (C=O) groups is 2. The minimum absolute atomic E-state index is 0.0594. The van der Waals surface area contributed by atoms with E-state index >= 15 is 0 Å². The minimum atomic E-state index is -0.561. The van der Waals surface area contributed by atoms with Gasteiger partial charge in [-0.25, -0.2) is 14.0 Å².